The first kappa shape index (κ1) is 22.6. The molecule has 8 nitrogen and oxygen atoms in total. The van der Waals surface area contributed by atoms with E-state index >= 15 is 0 Å². The molecule has 1 saturated carbocycles. The van der Waals surface area contributed by atoms with Gasteiger partial charge in [0.2, 0.25) is 5.91 Å². The lowest BCUT2D eigenvalue weighted by Gasteiger charge is -2.28. The van der Waals surface area contributed by atoms with Crippen molar-refractivity contribution < 1.29 is 14.1 Å². The van der Waals surface area contributed by atoms with Gasteiger partial charge in [-0.1, -0.05) is 31.8 Å². The van der Waals surface area contributed by atoms with Gasteiger partial charge in [0.15, 0.2) is 5.69 Å². The van der Waals surface area contributed by atoms with Crippen LogP contribution in [0.1, 0.15) is 84.7 Å². The Kier molecular flexibility index (Phi) is 6.67. The third-order valence-corrected chi connectivity index (χ3v) is 6.70. The van der Waals surface area contributed by atoms with Crippen LogP contribution < -0.4 is 5.32 Å². The first-order valence-electron chi connectivity index (χ1n) is 11.9. The fourth-order valence-electron chi connectivity index (χ4n) is 4.96. The zero-order valence-corrected chi connectivity index (χ0v) is 19.7. The van der Waals surface area contributed by atoms with Gasteiger partial charge in [-0.05, 0) is 39.0 Å². The predicted octanol–water partition coefficient (Wildman–Crippen LogP) is 3.33. The van der Waals surface area contributed by atoms with Gasteiger partial charge >= 0.3 is 0 Å². The fourth-order valence-corrected chi connectivity index (χ4v) is 4.96. The monoisotopic (exact) mass is 441 g/mol. The van der Waals surface area contributed by atoms with Crippen molar-refractivity contribution in [3.8, 4) is 0 Å². The second kappa shape index (κ2) is 9.46. The minimum atomic E-state index is -0.0966. The number of hydrogen-bond donors (Lipinski definition) is 1. The van der Waals surface area contributed by atoms with Crippen LogP contribution >= 0.6 is 0 Å². The van der Waals surface area contributed by atoms with E-state index in [1.54, 1.807) is 0 Å². The number of carbonyl (C=O) groups is 2. The molecule has 0 saturated heterocycles. The Hall–Kier alpha value is -2.64. The lowest BCUT2D eigenvalue weighted by atomic mass is 10.0. The summed E-state index contributed by atoms with van der Waals surface area (Å²) in [6.45, 7) is 9.97. The van der Waals surface area contributed by atoms with Crippen LogP contribution in [0.4, 0.5) is 0 Å². The summed E-state index contributed by atoms with van der Waals surface area (Å²) in [4.78, 5) is 28.0. The van der Waals surface area contributed by atoms with Gasteiger partial charge in [0.1, 0.15) is 5.76 Å². The van der Waals surface area contributed by atoms with Crippen molar-refractivity contribution in [3.63, 3.8) is 0 Å². The standard InChI is InChI=1S/C24H35N5O3/c1-15(2)13-29-21-11-12-28(22(30)10-9-19-16(3)27-32-17(19)4)14-20(21)23(26-29)24(31)25-18-7-5-6-8-18/h15,18H,5-14H2,1-4H3,(H,25,31). The van der Waals surface area contributed by atoms with E-state index in [1.807, 2.05) is 23.4 Å². The molecule has 0 bridgehead atoms. The van der Waals surface area contributed by atoms with Gasteiger partial charge < -0.3 is 14.7 Å². The van der Waals surface area contributed by atoms with Crippen LogP contribution in [-0.2, 0) is 30.7 Å². The Morgan fingerprint density at radius 3 is 2.62 bits per heavy atom. The third-order valence-electron chi connectivity index (χ3n) is 6.70. The molecule has 1 aliphatic carbocycles. The number of nitrogens with zero attached hydrogens (tertiary/aromatic N) is 4. The summed E-state index contributed by atoms with van der Waals surface area (Å²) in [6, 6.07) is 0.241. The normalized spacial score (nSPS) is 16.6. The molecule has 1 aliphatic heterocycles. The Bertz CT molecular complexity index is 965. The van der Waals surface area contributed by atoms with Crippen LogP contribution in [0.15, 0.2) is 4.52 Å². The molecule has 2 amide bonds. The number of carbonyl (C=O) groups excluding carboxylic acids is 2. The maximum Gasteiger partial charge on any atom is 0.272 e. The van der Waals surface area contributed by atoms with Crippen LogP contribution in [0.2, 0.25) is 0 Å². The van der Waals surface area contributed by atoms with Crippen LogP contribution in [0.25, 0.3) is 0 Å². The molecule has 3 heterocycles. The van der Waals surface area contributed by atoms with Gasteiger partial charge in [-0.2, -0.15) is 5.10 Å². The van der Waals surface area contributed by atoms with Crippen LogP contribution in [0.5, 0.6) is 0 Å². The number of amides is 2. The van der Waals surface area contributed by atoms with E-state index < -0.39 is 0 Å². The molecular formula is C24H35N5O3. The van der Waals surface area contributed by atoms with Gasteiger partial charge in [-0.25, -0.2) is 0 Å². The summed E-state index contributed by atoms with van der Waals surface area (Å²) in [5.41, 5.74) is 4.37. The third kappa shape index (κ3) is 4.74. The summed E-state index contributed by atoms with van der Waals surface area (Å²) >= 11 is 0. The van der Waals surface area contributed by atoms with Gasteiger partial charge in [0, 0.05) is 55.3 Å². The molecule has 4 rings (SSSR count). The van der Waals surface area contributed by atoms with E-state index in [-0.39, 0.29) is 17.9 Å². The predicted molar refractivity (Wildman–Crippen MR) is 120 cm³/mol. The van der Waals surface area contributed by atoms with Crippen molar-refractivity contribution in [2.75, 3.05) is 6.54 Å². The molecule has 2 aliphatic rings. The van der Waals surface area contributed by atoms with Gasteiger partial charge in [0.25, 0.3) is 5.91 Å². The van der Waals surface area contributed by atoms with Gasteiger partial charge in [-0.15, -0.1) is 0 Å². The van der Waals surface area contributed by atoms with Crippen molar-refractivity contribution >= 4 is 11.8 Å². The van der Waals surface area contributed by atoms with E-state index in [0.29, 0.717) is 37.5 Å². The van der Waals surface area contributed by atoms with Crippen LogP contribution in [0.3, 0.4) is 0 Å². The number of nitrogens with one attached hydrogen (secondary N) is 1. The number of hydrogen-bond acceptors (Lipinski definition) is 5. The smallest absolute Gasteiger partial charge is 0.272 e. The van der Waals surface area contributed by atoms with E-state index in [0.717, 1.165) is 66.9 Å². The molecule has 0 atom stereocenters. The number of rotatable bonds is 7. The molecule has 1 N–H and O–H groups in total. The zero-order chi connectivity index (χ0) is 22.8. The fraction of sp³-hybridized carbons (Fsp3) is 0.667. The SMILES string of the molecule is Cc1noc(C)c1CCC(=O)N1CCc2c(c(C(=O)NC3CCCC3)nn2CC(C)C)C1. The molecule has 0 aromatic carbocycles. The first-order valence-corrected chi connectivity index (χ1v) is 11.9. The highest BCUT2D eigenvalue weighted by Gasteiger charge is 2.31. The maximum atomic E-state index is 13.1. The molecule has 0 spiro atoms. The van der Waals surface area contributed by atoms with E-state index in [4.69, 9.17) is 9.62 Å². The Morgan fingerprint density at radius 2 is 1.97 bits per heavy atom. The van der Waals surface area contributed by atoms with Crippen molar-refractivity contribution in [2.45, 2.75) is 91.8 Å². The molecule has 0 unspecified atom stereocenters. The summed E-state index contributed by atoms with van der Waals surface area (Å²) < 4.78 is 7.22. The topological polar surface area (TPSA) is 93.3 Å². The Balaban J connectivity index is 1.50. The Morgan fingerprint density at radius 1 is 1.22 bits per heavy atom. The molecule has 2 aromatic heterocycles. The highest BCUT2D eigenvalue weighted by atomic mass is 16.5. The molecule has 0 radical (unpaired) electrons. The average Bonchev–Trinajstić information content (AvgIpc) is 3.46. The van der Waals surface area contributed by atoms with Crippen LogP contribution in [0, 0.1) is 19.8 Å². The molecule has 8 heteroatoms. The van der Waals surface area contributed by atoms with Crippen molar-refractivity contribution in [2.24, 2.45) is 5.92 Å². The van der Waals surface area contributed by atoms with E-state index in [9.17, 15) is 9.59 Å². The lowest BCUT2D eigenvalue weighted by molar-refractivity contribution is -0.132. The van der Waals surface area contributed by atoms with Gasteiger partial charge in [-0.3, -0.25) is 14.3 Å². The van der Waals surface area contributed by atoms with Crippen LogP contribution in [-0.4, -0.2) is 44.2 Å². The zero-order valence-electron chi connectivity index (χ0n) is 19.7. The molecule has 1 fully saturated rings. The highest BCUT2D eigenvalue weighted by Crippen LogP contribution is 2.26. The maximum absolute atomic E-state index is 13.1. The summed E-state index contributed by atoms with van der Waals surface area (Å²) in [5, 5.41) is 11.9. The second-order valence-electron chi connectivity index (χ2n) is 9.67. The van der Waals surface area contributed by atoms with E-state index in [2.05, 4.69) is 24.3 Å². The summed E-state index contributed by atoms with van der Waals surface area (Å²) in [6.07, 6.45) is 6.15. The summed E-state index contributed by atoms with van der Waals surface area (Å²) in [7, 11) is 0. The molecule has 2 aromatic rings. The Labute approximate surface area is 189 Å². The molecule has 174 valence electrons. The van der Waals surface area contributed by atoms with Gasteiger partial charge in [0.05, 0.1) is 5.69 Å². The minimum absolute atomic E-state index is 0.0920. The first-order chi connectivity index (χ1) is 15.3. The van der Waals surface area contributed by atoms with Crippen molar-refractivity contribution in [1.82, 2.24) is 25.2 Å². The van der Waals surface area contributed by atoms with Crippen molar-refractivity contribution in [3.05, 3.63) is 34.0 Å². The highest BCUT2D eigenvalue weighted by molar-refractivity contribution is 5.94. The van der Waals surface area contributed by atoms with Crippen molar-refractivity contribution in [1.29, 1.82) is 0 Å². The minimum Gasteiger partial charge on any atom is -0.361 e. The largest absolute Gasteiger partial charge is 0.361 e. The number of aryl methyl sites for hydroxylation is 2. The molecular weight excluding hydrogens is 406 g/mol. The van der Waals surface area contributed by atoms with E-state index in [1.165, 1.54) is 0 Å². The quantitative estimate of drug-likeness (QED) is 0.711. The number of aromatic nitrogens is 3. The summed E-state index contributed by atoms with van der Waals surface area (Å²) in [5.74, 6) is 1.20. The second-order valence-corrected chi connectivity index (χ2v) is 9.67. The number of fused-ring (bicyclic) bond motifs is 1. The average molecular weight is 442 g/mol. The molecule has 32 heavy (non-hydrogen) atoms. The lowest BCUT2D eigenvalue weighted by Crippen LogP contribution is -2.38.